The number of ether oxygens (including phenoxy) is 1. The highest BCUT2D eigenvalue weighted by Gasteiger charge is 2.51. The van der Waals surface area contributed by atoms with Gasteiger partial charge in [-0.1, -0.05) is 6.92 Å². The highest BCUT2D eigenvalue weighted by atomic mass is 16.5. The maximum atomic E-state index is 11.7. The monoisotopic (exact) mass is 254 g/mol. The molecular formula is C14H26N2O2. The number of hydrogen-bond donors (Lipinski definition) is 1. The third kappa shape index (κ3) is 2.05. The molecule has 4 nitrogen and oxygen atoms in total. The van der Waals surface area contributed by atoms with Crippen LogP contribution in [-0.4, -0.2) is 49.2 Å². The smallest absolute Gasteiger partial charge is 0.309 e. The van der Waals surface area contributed by atoms with Gasteiger partial charge in [0.1, 0.15) is 0 Å². The van der Waals surface area contributed by atoms with Gasteiger partial charge in [0.25, 0.3) is 0 Å². The summed E-state index contributed by atoms with van der Waals surface area (Å²) in [6.45, 7) is 12.1. The van der Waals surface area contributed by atoms with Gasteiger partial charge in [-0.3, -0.25) is 9.69 Å². The molecule has 18 heavy (non-hydrogen) atoms. The molecule has 2 rings (SSSR count). The molecule has 2 aliphatic rings. The second-order valence-electron chi connectivity index (χ2n) is 6.38. The Kier molecular flexibility index (Phi) is 3.70. The van der Waals surface area contributed by atoms with Gasteiger partial charge < -0.3 is 10.1 Å². The van der Waals surface area contributed by atoms with E-state index in [1.54, 1.807) is 0 Å². The first kappa shape index (κ1) is 13.8. The first-order valence-electron chi connectivity index (χ1n) is 6.95. The average molecular weight is 254 g/mol. The van der Waals surface area contributed by atoms with Crippen LogP contribution in [0.25, 0.3) is 0 Å². The standard InChI is InChI=1S/C14H26N2O2/c1-9(13(17)18-5)10(2)16-8-11-6-15-7-12(11)14(16,3)4/h9-12,15H,6-8H2,1-5H3. The molecule has 4 atom stereocenters. The van der Waals surface area contributed by atoms with Crippen LogP contribution >= 0.6 is 0 Å². The van der Waals surface area contributed by atoms with E-state index in [0.717, 1.165) is 25.6 Å². The van der Waals surface area contributed by atoms with E-state index in [9.17, 15) is 4.79 Å². The summed E-state index contributed by atoms with van der Waals surface area (Å²) in [5, 5.41) is 3.48. The Balaban J connectivity index is 2.12. The zero-order chi connectivity index (χ0) is 13.5. The molecule has 0 amide bonds. The van der Waals surface area contributed by atoms with Crippen LogP contribution in [0, 0.1) is 17.8 Å². The van der Waals surface area contributed by atoms with E-state index in [1.807, 2.05) is 6.92 Å². The summed E-state index contributed by atoms with van der Waals surface area (Å²) in [5.41, 5.74) is 0.163. The van der Waals surface area contributed by atoms with Crippen LogP contribution < -0.4 is 5.32 Å². The van der Waals surface area contributed by atoms with Crippen molar-refractivity contribution in [2.45, 2.75) is 39.3 Å². The van der Waals surface area contributed by atoms with Crippen molar-refractivity contribution >= 4 is 5.97 Å². The summed E-state index contributed by atoms with van der Waals surface area (Å²) in [7, 11) is 1.47. The van der Waals surface area contributed by atoms with Gasteiger partial charge in [-0.15, -0.1) is 0 Å². The van der Waals surface area contributed by atoms with Crippen LogP contribution in [0.1, 0.15) is 27.7 Å². The van der Waals surface area contributed by atoms with Gasteiger partial charge in [0, 0.05) is 24.7 Å². The van der Waals surface area contributed by atoms with Gasteiger partial charge in [-0.25, -0.2) is 0 Å². The largest absolute Gasteiger partial charge is 0.469 e. The molecule has 0 aromatic heterocycles. The summed E-state index contributed by atoms with van der Waals surface area (Å²) < 4.78 is 4.88. The van der Waals surface area contributed by atoms with Crippen molar-refractivity contribution in [2.75, 3.05) is 26.7 Å². The topological polar surface area (TPSA) is 41.6 Å². The molecule has 4 heteroatoms. The Labute approximate surface area is 110 Å². The fraction of sp³-hybridized carbons (Fsp3) is 0.929. The van der Waals surface area contributed by atoms with Crippen LogP contribution in [0.2, 0.25) is 0 Å². The van der Waals surface area contributed by atoms with Crippen molar-refractivity contribution in [3.8, 4) is 0 Å². The Morgan fingerprint density at radius 2 is 2.06 bits per heavy atom. The Hall–Kier alpha value is -0.610. The molecule has 0 aliphatic carbocycles. The quantitative estimate of drug-likeness (QED) is 0.766. The maximum Gasteiger partial charge on any atom is 0.309 e. The lowest BCUT2D eigenvalue weighted by Crippen LogP contribution is -2.51. The molecule has 0 aromatic carbocycles. The number of likely N-dealkylation sites (tertiary alicyclic amines) is 1. The third-order valence-electron chi connectivity index (χ3n) is 5.21. The van der Waals surface area contributed by atoms with Crippen molar-refractivity contribution < 1.29 is 9.53 Å². The molecule has 0 bridgehead atoms. The summed E-state index contributed by atoms with van der Waals surface area (Å²) >= 11 is 0. The number of hydrogen-bond acceptors (Lipinski definition) is 4. The second kappa shape index (κ2) is 4.82. The van der Waals surface area contributed by atoms with E-state index < -0.39 is 0 Å². The van der Waals surface area contributed by atoms with E-state index in [1.165, 1.54) is 7.11 Å². The fourth-order valence-corrected chi connectivity index (χ4v) is 3.80. The molecule has 0 spiro atoms. The van der Waals surface area contributed by atoms with Crippen LogP contribution in [-0.2, 0) is 9.53 Å². The molecule has 0 radical (unpaired) electrons. The second-order valence-corrected chi connectivity index (χ2v) is 6.38. The van der Waals surface area contributed by atoms with Gasteiger partial charge in [0.15, 0.2) is 0 Å². The van der Waals surface area contributed by atoms with Crippen molar-refractivity contribution in [2.24, 2.45) is 17.8 Å². The number of rotatable bonds is 3. The predicted molar refractivity (Wildman–Crippen MR) is 71.3 cm³/mol. The summed E-state index contributed by atoms with van der Waals surface area (Å²) in [4.78, 5) is 14.2. The number of fused-ring (bicyclic) bond motifs is 1. The van der Waals surface area contributed by atoms with Gasteiger partial charge in [0.05, 0.1) is 13.0 Å². The van der Waals surface area contributed by atoms with E-state index in [2.05, 4.69) is 31.0 Å². The molecule has 4 unspecified atom stereocenters. The minimum absolute atomic E-state index is 0.0685. The minimum Gasteiger partial charge on any atom is -0.469 e. The van der Waals surface area contributed by atoms with E-state index in [-0.39, 0.29) is 23.5 Å². The Morgan fingerprint density at radius 1 is 1.39 bits per heavy atom. The average Bonchev–Trinajstić information content (AvgIpc) is 2.89. The van der Waals surface area contributed by atoms with Crippen molar-refractivity contribution in [3.63, 3.8) is 0 Å². The highest BCUT2D eigenvalue weighted by molar-refractivity contribution is 5.72. The normalized spacial score (nSPS) is 34.1. The minimum atomic E-state index is -0.103. The molecule has 2 aliphatic heterocycles. The maximum absolute atomic E-state index is 11.7. The number of esters is 1. The Bertz CT molecular complexity index is 330. The molecule has 0 saturated carbocycles. The third-order valence-corrected chi connectivity index (χ3v) is 5.21. The van der Waals surface area contributed by atoms with E-state index in [4.69, 9.17) is 4.74 Å². The first-order valence-corrected chi connectivity index (χ1v) is 6.95. The lowest BCUT2D eigenvalue weighted by Gasteiger charge is -2.41. The van der Waals surface area contributed by atoms with Gasteiger partial charge in [-0.2, -0.15) is 0 Å². The molecule has 0 aromatic rings. The number of methoxy groups -OCH3 is 1. The zero-order valence-corrected chi connectivity index (χ0v) is 12.2. The highest BCUT2D eigenvalue weighted by Crippen LogP contribution is 2.42. The fourth-order valence-electron chi connectivity index (χ4n) is 3.80. The van der Waals surface area contributed by atoms with E-state index in [0.29, 0.717) is 5.92 Å². The molecule has 104 valence electrons. The number of carbonyl (C=O) groups is 1. The first-order chi connectivity index (χ1) is 8.39. The number of nitrogens with zero attached hydrogens (tertiary/aromatic N) is 1. The number of nitrogens with one attached hydrogen (secondary N) is 1. The van der Waals surface area contributed by atoms with Crippen molar-refractivity contribution in [1.82, 2.24) is 10.2 Å². The van der Waals surface area contributed by atoms with Crippen LogP contribution in [0.3, 0.4) is 0 Å². The molecule has 2 fully saturated rings. The Morgan fingerprint density at radius 3 is 2.61 bits per heavy atom. The molecule has 1 N–H and O–H groups in total. The summed E-state index contributed by atoms with van der Waals surface area (Å²) in [6, 6.07) is 0.234. The van der Waals surface area contributed by atoms with Crippen LogP contribution in [0.15, 0.2) is 0 Å². The van der Waals surface area contributed by atoms with Gasteiger partial charge in [0.2, 0.25) is 0 Å². The lowest BCUT2D eigenvalue weighted by atomic mass is 9.84. The van der Waals surface area contributed by atoms with E-state index >= 15 is 0 Å². The van der Waals surface area contributed by atoms with Crippen LogP contribution in [0.5, 0.6) is 0 Å². The SMILES string of the molecule is COC(=O)C(C)C(C)N1CC2CNCC2C1(C)C. The summed E-state index contributed by atoms with van der Waals surface area (Å²) in [6.07, 6.45) is 0. The lowest BCUT2D eigenvalue weighted by molar-refractivity contribution is -0.147. The summed E-state index contributed by atoms with van der Waals surface area (Å²) in [5.74, 6) is 1.26. The van der Waals surface area contributed by atoms with Crippen molar-refractivity contribution in [1.29, 1.82) is 0 Å². The van der Waals surface area contributed by atoms with Crippen molar-refractivity contribution in [3.05, 3.63) is 0 Å². The zero-order valence-electron chi connectivity index (χ0n) is 12.2. The predicted octanol–water partition coefficient (Wildman–Crippen LogP) is 1.11. The van der Waals surface area contributed by atoms with Crippen LogP contribution in [0.4, 0.5) is 0 Å². The molecule has 2 heterocycles. The molecule has 2 saturated heterocycles. The molecular weight excluding hydrogens is 228 g/mol. The van der Waals surface area contributed by atoms with Gasteiger partial charge in [-0.05, 0) is 39.2 Å². The number of carbonyl (C=O) groups excluding carboxylic acids is 1. The van der Waals surface area contributed by atoms with Gasteiger partial charge >= 0.3 is 5.97 Å².